The fourth-order valence-corrected chi connectivity index (χ4v) is 2.11. The van der Waals surface area contributed by atoms with Gasteiger partial charge < -0.3 is 10.4 Å². The van der Waals surface area contributed by atoms with E-state index >= 15 is 0 Å². The highest BCUT2D eigenvalue weighted by atomic mass is 32.1. The van der Waals surface area contributed by atoms with Crippen LogP contribution in [0.15, 0.2) is 23.7 Å². The molecule has 0 aliphatic heterocycles. The second-order valence-electron chi connectivity index (χ2n) is 4.04. The number of aromatic carboxylic acids is 1. The van der Waals surface area contributed by atoms with Crippen molar-refractivity contribution in [3.05, 3.63) is 29.3 Å². The first-order chi connectivity index (χ1) is 8.58. The van der Waals surface area contributed by atoms with Gasteiger partial charge in [0.05, 0.1) is 4.88 Å². The Morgan fingerprint density at radius 2 is 2.28 bits per heavy atom. The van der Waals surface area contributed by atoms with Crippen LogP contribution in [0.3, 0.4) is 0 Å². The molecule has 0 fully saturated rings. The van der Waals surface area contributed by atoms with E-state index in [4.69, 9.17) is 5.11 Å². The van der Waals surface area contributed by atoms with E-state index in [-0.39, 0.29) is 11.6 Å². The summed E-state index contributed by atoms with van der Waals surface area (Å²) in [6, 6.07) is 3.91. The van der Waals surface area contributed by atoms with E-state index < -0.39 is 5.97 Å². The number of nitrogens with zero attached hydrogens (tertiary/aromatic N) is 2. The standard InChI is InChI=1S/C12H13N3O2S/c1-7(2)14-10-8(12(16)17)6-13-11(15-10)9-4-3-5-18-9/h3-7H,1-2H3,(H,16,17)(H,13,14,15). The maximum Gasteiger partial charge on any atom is 0.341 e. The van der Waals surface area contributed by atoms with Crippen LogP contribution in [-0.2, 0) is 0 Å². The second-order valence-corrected chi connectivity index (χ2v) is 4.99. The van der Waals surface area contributed by atoms with Crippen LogP contribution in [0.5, 0.6) is 0 Å². The number of carboxylic acid groups (broad SMARTS) is 1. The lowest BCUT2D eigenvalue weighted by molar-refractivity contribution is 0.0697. The first-order valence-corrected chi connectivity index (χ1v) is 6.36. The fourth-order valence-electron chi connectivity index (χ4n) is 1.45. The van der Waals surface area contributed by atoms with Gasteiger partial charge in [-0.1, -0.05) is 6.07 Å². The monoisotopic (exact) mass is 263 g/mol. The van der Waals surface area contributed by atoms with E-state index in [9.17, 15) is 4.79 Å². The summed E-state index contributed by atoms with van der Waals surface area (Å²) in [7, 11) is 0. The Kier molecular flexibility index (Phi) is 3.57. The number of nitrogens with one attached hydrogen (secondary N) is 1. The van der Waals surface area contributed by atoms with Crippen LogP contribution < -0.4 is 5.32 Å². The van der Waals surface area contributed by atoms with E-state index in [0.29, 0.717) is 11.6 Å². The average Bonchev–Trinajstić information content (AvgIpc) is 2.81. The van der Waals surface area contributed by atoms with Gasteiger partial charge >= 0.3 is 5.97 Å². The number of hydrogen-bond donors (Lipinski definition) is 2. The van der Waals surface area contributed by atoms with E-state index in [1.165, 1.54) is 17.5 Å². The smallest absolute Gasteiger partial charge is 0.341 e. The highest BCUT2D eigenvalue weighted by Gasteiger charge is 2.15. The van der Waals surface area contributed by atoms with Gasteiger partial charge in [-0.15, -0.1) is 11.3 Å². The predicted octanol–water partition coefficient (Wildman–Crippen LogP) is 2.72. The van der Waals surface area contributed by atoms with Gasteiger partial charge in [-0.2, -0.15) is 0 Å². The lowest BCUT2D eigenvalue weighted by atomic mass is 10.2. The minimum atomic E-state index is -1.03. The van der Waals surface area contributed by atoms with Gasteiger partial charge in [-0.25, -0.2) is 14.8 Å². The molecule has 5 nitrogen and oxygen atoms in total. The van der Waals surface area contributed by atoms with Crippen molar-refractivity contribution in [3.63, 3.8) is 0 Å². The summed E-state index contributed by atoms with van der Waals surface area (Å²) >= 11 is 1.52. The van der Waals surface area contributed by atoms with Crippen molar-refractivity contribution in [2.45, 2.75) is 19.9 Å². The number of thiophene rings is 1. The number of aromatic nitrogens is 2. The van der Waals surface area contributed by atoms with Gasteiger partial charge in [0, 0.05) is 12.2 Å². The van der Waals surface area contributed by atoms with Crippen LogP contribution >= 0.6 is 11.3 Å². The molecule has 0 spiro atoms. The van der Waals surface area contributed by atoms with Crippen LogP contribution in [0.1, 0.15) is 24.2 Å². The summed E-state index contributed by atoms with van der Waals surface area (Å²) < 4.78 is 0. The Balaban J connectivity index is 2.45. The highest BCUT2D eigenvalue weighted by molar-refractivity contribution is 7.13. The Labute approximate surface area is 109 Å². The third-order valence-corrected chi connectivity index (χ3v) is 3.05. The predicted molar refractivity (Wildman–Crippen MR) is 71.1 cm³/mol. The first kappa shape index (κ1) is 12.5. The third kappa shape index (κ3) is 2.65. The normalized spacial score (nSPS) is 10.6. The molecule has 0 radical (unpaired) electrons. The van der Waals surface area contributed by atoms with Gasteiger partial charge in [0.1, 0.15) is 11.4 Å². The summed E-state index contributed by atoms with van der Waals surface area (Å²) in [6.07, 6.45) is 1.34. The zero-order valence-corrected chi connectivity index (χ0v) is 10.9. The summed E-state index contributed by atoms with van der Waals surface area (Å²) in [6.45, 7) is 3.86. The molecule has 2 rings (SSSR count). The van der Waals surface area contributed by atoms with Crippen molar-refractivity contribution in [2.24, 2.45) is 0 Å². The van der Waals surface area contributed by atoms with Crippen molar-refractivity contribution in [3.8, 4) is 10.7 Å². The molecular weight excluding hydrogens is 250 g/mol. The molecule has 18 heavy (non-hydrogen) atoms. The van der Waals surface area contributed by atoms with E-state index in [1.807, 2.05) is 31.4 Å². The summed E-state index contributed by atoms with van der Waals surface area (Å²) in [4.78, 5) is 20.4. The summed E-state index contributed by atoms with van der Waals surface area (Å²) in [5, 5.41) is 14.0. The fraction of sp³-hybridized carbons (Fsp3) is 0.250. The topological polar surface area (TPSA) is 75.1 Å². The third-order valence-electron chi connectivity index (χ3n) is 2.19. The minimum absolute atomic E-state index is 0.0870. The summed E-state index contributed by atoms with van der Waals surface area (Å²) in [5.74, 6) is -0.134. The molecule has 0 aliphatic carbocycles. The molecule has 2 aromatic heterocycles. The van der Waals surface area contributed by atoms with Gasteiger partial charge in [0.25, 0.3) is 0 Å². The van der Waals surface area contributed by atoms with Crippen molar-refractivity contribution < 1.29 is 9.90 Å². The van der Waals surface area contributed by atoms with Crippen LogP contribution in [0, 0.1) is 0 Å². The molecular formula is C12H13N3O2S. The lowest BCUT2D eigenvalue weighted by Crippen LogP contribution is -2.15. The lowest BCUT2D eigenvalue weighted by Gasteiger charge is -2.12. The largest absolute Gasteiger partial charge is 0.477 e. The molecule has 0 bridgehead atoms. The first-order valence-electron chi connectivity index (χ1n) is 5.48. The Bertz CT molecular complexity index is 552. The zero-order chi connectivity index (χ0) is 13.1. The average molecular weight is 263 g/mol. The quantitative estimate of drug-likeness (QED) is 0.887. The maximum atomic E-state index is 11.1. The molecule has 0 saturated carbocycles. The molecule has 0 atom stereocenters. The van der Waals surface area contributed by atoms with Crippen LogP contribution in [0.25, 0.3) is 10.7 Å². The highest BCUT2D eigenvalue weighted by Crippen LogP contribution is 2.23. The van der Waals surface area contributed by atoms with Crippen molar-refractivity contribution >= 4 is 23.1 Å². The number of carboxylic acids is 1. The van der Waals surface area contributed by atoms with Crippen LogP contribution in [-0.4, -0.2) is 27.1 Å². The molecule has 94 valence electrons. The van der Waals surface area contributed by atoms with Crippen molar-refractivity contribution in [1.29, 1.82) is 0 Å². The summed E-state index contributed by atoms with van der Waals surface area (Å²) in [5.41, 5.74) is 0.0870. The van der Waals surface area contributed by atoms with E-state index in [0.717, 1.165) is 4.88 Å². The zero-order valence-electron chi connectivity index (χ0n) is 10.0. The van der Waals surface area contributed by atoms with Crippen LogP contribution in [0.2, 0.25) is 0 Å². The Hall–Kier alpha value is -1.95. The molecule has 2 N–H and O–H groups in total. The number of carbonyl (C=O) groups is 1. The molecule has 0 aromatic carbocycles. The molecule has 0 saturated heterocycles. The van der Waals surface area contributed by atoms with Crippen molar-refractivity contribution in [1.82, 2.24) is 9.97 Å². The minimum Gasteiger partial charge on any atom is -0.477 e. The Morgan fingerprint density at radius 3 is 2.83 bits per heavy atom. The van der Waals surface area contributed by atoms with Crippen LogP contribution in [0.4, 0.5) is 5.82 Å². The number of rotatable bonds is 4. The van der Waals surface area contributed by atoms with E-state index in [1.54, 1.807) is 0 Å². The van der Waals surface area contributed by atoms with E-state index in [2.05, 4.69) is 15.3 Å². The Morgan fingerprint density at radius 1 is 1.50 bits per heavy atom. The second kappa shape index (κ2) is 5.14. The molecule has 0 amide bonds. The molecule has 0 aliphatic rings. The molecule has 0 unspecified atom stereocenters. The van der Waals surface area contributed by atoms with Gasteiger partial charge in [0.2, 0.25) is 0 Å². The number of anilines is 1. The number of hydrogen-bond acceptors (Lipinski definition) is 5. The molecule has 6 heteroatoms. The molecule has 2 heterocycles. The van der Waals surface area contributed by atoms with Crippen molar-refractivity contribution in [2.75, 3.05) is 5.32 Å². The molecule has 2 aromatic rings. The maximum absolute atomic E-state index is 11.1. The SMILES string of the molecule is CC(C)Nc1nc(-c2cccs2)ncc1C(=O)O. The van der Waals surface area contributed by atoms with Gasteiger partial charge in [0.15, 0.2) is 5.82 Å². The van der Waals surface area contributed by atoms with Gasteiger partial charge in [-0.05, 0) is 25.3 Å². The van der Waals surface area contributed by atoms with Gasteiger partial charge in [-0.3, -0.25) is 0 Å².